The van der Waals surface area contributed by atoms with E-state index in [9.17, 15) is 9.50 Å². The van der Waals surface area contributed by atoms with E-state index in [0.29, 0.717) is 6.42 Å². The SMILES string of the molecule is COc1ccc(C2=NC(c3cccc(F)c3)NC(c3ccccc3O)C2)cc1. The second-order valence-corrected chi connectivity index (χ2v) is 6.74. The Morgan fingerprint density at radius 1 is 1.04 bits per heavy atom. The van der Waals surface area contributed by atoms with Crippen molar-refractivity contribution in [1.82, 2.24) is 5.32 Å². The van der Waals surface area contributed by atoms with E-state index in [4.69, 9.17) is 9.73 Å². The van der Waals surface area contributed by atoms with Crippen LogP contribution < -0.4 is 10.1 Å². The summed E-state index contributed by atoms with van der Waals surface area (Å²) in [5.41, 5.74) is 3.41. The molecule has 5 heteroatoms. The van der Waals surface area contributed by atoms with E-state index >= 15 is 0 Å². The lowest BCUT2D eigenvalue weighted by atomic mass is 9.93. The summed E-state index contributed by atoms with van der Waals surface area (Å²) >= 11 is 0. The topological polar surface area (TPSA) is 53.8 Å². The molecule has 0 saturated heterocycles. The number of phenolic OH excluding ortho intramolecular Hbond substituents is 1. The molecule has 0 saturated carbocycles. The number of hydrogen-bond acceptors (Lipinski definition) is 4. The van der Waals surface area contributed by atoms with Gasteiger partial charge in [-0.05, 0) is 53.6 Å². The molecule has 0 fully saturated rings. The van der Waals surface area contributed by atoms with Gasteiger partial charge in [0.25, 0.3) is 0 Å². The summed E-state index contributed by atoms with van der Waals surface area (Å²) in [5.74, 6) is 0.705. The van der Waals surface area contributed by atoms with Crippen molar-refractivity contribution in [2.75, 3.05) is 7.11 Å². The van der Waals surface area contributed by atoms with Gasteiger partial charge in [-0.25, -0.2) is 4.39 Å². The molecule has 0 aromatic heterocycles. The van der Waals surface area contributed by atoms with Crippen molar-refractivity contribution in [3.63, 3.8) is 0 Å². The zero-order valence-corrected chi connectivity index (χ0v) is 15.5. The number of rotatable bonds is 4. The second kappa shape index (κ2) is 7.82. The monoisotopic (exact) mass is 376 g/mol. The summed E-state index contributed by atoms with van der Waals surface area (Å²) in [6.45, 7) is 0. The van der Waals surface area contributed by atoms with E-state index in [0.717, 1.165) is 28.2 Å². The van der Waals surface area contributed by atoms with Crippen LogP contribution in [0.5, 0.6) is 11.5 Å². The predicted octanol–water partition coefficient (Wildman–Crippen LogP) is 4.76. The van der Waals surface area contributed by atoms with E-state index in [1.807, 2.05) is 42.5 Å². The summed E-state index contributed by atoms with van der Waals surface area (Å²) in [7, 11) is 1.63. The number of nitrogens with one attached hydrogen (secondary N) is 1. The van der Waals surface area contributed by atoms with Crippen LogP contribution in [0.15, 0.2) is 77.8 Å². The zero-order chi connectivity index (χ0) is 19.5. The average molecular weight is 376 g/mol. The molecule has 2 unspecified atom stereocenters. The molecule has 28 heavy (non-hydrogen) atoms. The molecule has 2 N–H and O–H groups in total. The van der Waals surface area contributed by atoms with Gasteiger partial charge in [-0.3, -0.25) is 10.3 Å². The third-order valence-electron chi connectivity index (χ3n) is 4.94. The van der Waals surface area contributed by atoms with Gasteiger partial charge >= 0.3 is 0 Å². The maximum absolute atomic E-state index is 13.8. The predicted molar refractivity (Wildman–Crippen MR) is 107 cm³/mol. The third kappa shape index (κ3) is 3.75. The van der Waals surface area contributed by atoms with Gasteiger partial charge in [0.15, 0.2) is 0 Å². The molecule has 0 bridgehead atoms. The van der Waals surface area contributed by atoms with Gasteiger partial charge in [0.2, 0.25) is 0 Å². The van der Waals surface area contributed by atoms with Crippen LogP contribution in [0.1, 0.15) is 35.3 Å². The molecule has 142 valence electrons. The molecule has 4 rings (SSSR count). The largest absolute Gasteiger partial charge is 0.508 e. The van der Waals surface area contributed by atoms with Crippen molar-refractivity contribution < 1.29 is 14.2 Å². The standard InChI is InChI=1S/C23H21FN2O2/c1-28-18-11-9-15(10-12-18)20-14-21(19-7-2-3-8-22(19)27)26-23(25-20)16-5-4-6-17(24)13-16/h2-13,21,23,26-27H,14H2,1H3. The molecule has 0 amide bonds. The van der Waals surface area contributed by atoms with Crippen LogP contribution in [-0.2, 0) is 0 Å². The van der Waals surface area contributed by atoms with Gasteiger partial charge in [0.1, 0.15) is 23.5 Å². The first kappa shape index (κ1) is 18.2. The number of ether oxygens (including phenoxy) is 1. The molecule has 1 aliphatic rings. The quantitative estimate of drug-likeness (QED) is 0.690. The van der Waals surface area contributed by atoms with Gasteiger partial charge in [-0.2, -0.15) is 0 Å². The maximum Gasteiger partial charge on any atom is 0.126 e. The number of nitrogens with zero attached hydrogens (tertiary/aromatic N) is 1. The number of para-hydroxylation sites is 1. The highest BCUT2D eigenvalue weighted by Gasteiger charge is 2.27. The fourth-order valence-corrected chi connectivity index (χ4v) is 3.49. The molecular formula is C23H21FN2O2. The molecule has 3 aromatic rings. The van der Waals surface area contributed by atoms with Crippen LogP contribution in [-0.4, -0.2) is 17.9 Å². The van der Waals surface area contributed by atoms with Crippen LogP contribution in [0.4, 0.5) is 4.39 Å². The second-order valence-electron chi connectivity index (χ2n) is 6.74. The van der Waals surface area contributed by atoms with E-state index in [2.05, 4.69) is 5.32 Å². The Balaban J connectivity index is 1.74. The van der Waals surface area contributed by atoms with Crippen molar-refractivity contribution in [1.29, 1.82) is 0 Å². The molecule has 2 atom stereocenters. The fraction of sp³-hybridized carbons (Fsp3) is 0.174. The van der Waals surface area contributed by atoms with Crippen molar-refractivity contribution in [3.05, 3.63) is 95.3 Å². The highest BCUT2D eigenvalue weighted by Crippen LogP contribution is 2.34. The van der Waals surface area contributed by atoms with Crippen molar-refractivity contribution >= 4 is 5.71 Å². The minimum Gasteiger partial charge on any atom is -0.508 e. The van der Waals surface area contributed by atoms with Gasteiger partial charge in [-0.15, -0.1) is 0 Å². The maximum atomic E-state index is 13.8. The van der Waals surface area contributed by atoms with Crippen LogP contribution in [0.3, 0.4) is 0 Å². The van der Waals surface area contributed by atoms with E-state index in [1.54, 1.807) is 25.3 Å². The van der Waals surface area contributed by atoms with Gasteiger partial charge in [0, 0.05) is 23.7 Å². The number of halogens is 1. The Morgan fingerprint density at radius 3 is 2.54 bits per heavy atom. The minimum atomic E-state index is -0.411. The van der Waals surface area contributed by atoms with Gasteiger partial charge in [-0.1, -0.05) is 30.3 Å². The van der Waals surface area contributed by atoms with E-state index in [1.165, 1.54) is 12.1 Å². The molecule has 4 nitrogen and oxygen atoms in total. The summed E-state index contributed by atoms with van der Waals surface area (Å²) in [6.07, 6.45) is 0.196. The summed E-state index contributed by atoms with van der Waals surface area (Å²) < 4.78 is 19.0. The van der Waals surface area contributed by atoms with Gasteiger partial charge in [0.05, 0.1) is 7.11 Å². The normalized spacial score (nSPS) is 19.1. The number of methoxy groups -OCH3 is 1. The lowest BCUT2D eigenvalue weighted by Crippen LogP contribution is -2.33. The molecule has 1 heterocycles. The fourth-order valence-electron chi connectivity index (χ4n) is 3.49. The van der Waals surface area contributed by atoms with Crippen LogP contribution >= 0.6 is 0 Å². The first-order valence-electron chi connectivity index (χ1n) is 9.14. The molecule has 0 spiro atoms. The van der Waals surface area contributed by atoms with Crippen LogP contribution in [0.25, 0.3) is 0 Å². The molecule has 1 aliphatic heterocycles. The van der Waals surface area contributed by atoms with Crippen molar-refractivity contribution in [3.8, 4) is 11.5 Å². The highest BCUT2D eigenvalue weighted by atomic mass is 19.1. The number of benzene rings is 3. The summed E-state index contributed by atoms with van der Waals surface area (Å²) in [6, 6.07) is 21.3. The smallest absolute Gasteiger partial charge is 0.126 e. The van der Waals surface area contributed by atoms with E-state index in [-0.39, 0.29) is 17.6 Å². The first-order chi connectivity index (χ1) is 13.6. The first-order valence-corrected chi connectivity index (χ1v) is 9.14. The van der Waals surface area contributed by atoms with E-state index < -0.39 is 6.17 Å². The third-order valence-corrected chi connectivity index (χ3v) is 4.94. The Morgan fingerprint density at radius 2 is 1.82 bits per heavy atom. The molecule has 0 aliphatic carbocycles. The van der Waals surface area contributed by atoms with Crippen molar-refractivity contribution in [2.45, 2.75) is 18.6 Å². The van der Waals surface area contributed by atoms with Gasteiger partial charge < -0.3 is 9.84 Å². The Hall–Kier alpha value is -3.18. The van der Waals surface area contributed by atoms with Crippen LogP contribution in [0.2, 0.25) is 0 Å². The highest BCUT2D eigenvalue weighted by molar-refractivity contribution is 6.01. The summed E-state index contributed by atoms with van der Waals surface area (Å²) in [5, 5.41) is 13.8. The Bertz CT molecular complexity index is 1000. The number of hydrogen-bond donors (Lipinski definition) is 2. The van der Waals surface area contributed by atoms with Crippen molar-refractivity contribution in [2.24, 2.45) is 4.99 Å². The molecule has 3 aromatic carbocycles. The Labute approximate surface area is 163 Å². The lowest BCUT2D eigenvalue weighted by Gasteiger charge is -2.31. The average Bonchev–Trinajstić information content (AvgIpc) is 2.74. The number of aromatic hydroxyl groups is 1. The molecule has 0 radical (unpaired) electrons. The minimum absolute atomic E-state index is 0.149. The number of aliphatic imine (C=N–C) groups is 1. The molecular weight excluding hydrogens is 355 g/mol. The number of phenols is 1. The lowest BCUT2D eigenvalue weighted by molar-refractivity contribution is 0.411. The zero-order valence-electron chi connectivity index (χ0n) is 15.5. The van der Waals surface area contributed by atoms with Crippen LogP contribution in [0, 0.1) is 5.82 Å². The Kier molecular flexibility index (Phi) is 5.08. The summed E-state index contributed by atoms with van der Waals surface area (Å²) in [4.78, 5) is 4.84.